The molecule has 0 aromatic carbocycles. The number of rotatable bonds is 3. The molecule has 9 heteroatoms. The van der Waals surface area contributed by atoms with Gasteiger partial charge in [-0.3, -0.25) is 0 Å². The van der Waals surface area contributed by atoms with Gasteiger partial charge < -0.3 is 14.9 Å². The Hall–Kier alpha value is -1.09. The number of hydrogen-bond donors (Lipinski definition) is 1. The summed E-state index contributed by atoms with van der Waals surface area (Å²) in [4.78, 5) is 12.0. The number of aryl methyl sites for hydroxylation is 2. The Labute approximate surface area is 154 Å². The fourth-order valence-electron chi connectivity index (χ4n) is 4.11. The number of carbonyl (C=O) groups excluding carboxylic acids is 1. The summed E-state index contributed by atoms with van der Waals surface area (Å²) in [5.74, 6) is 0.247. The number of sulfonamides is 1. The van der Waals surface area contributed by atoms with Gasteiger partial charge >= 0.3 is 5.97 Å². The van der Waals surface area contributed by atoms with E-state index in [1.165, 1.54) is 11.4 Å². The van der Waals surface area contributed by atoms with E-state index in [0.717, 1.165) is 19.3 Å². The molecule has 1 aliphatic heterocycles. The summed E-state index contributed by atoms with van der Waals surface area (Å²) in [7, 11) is -2.61. The maximum absolute atomic E-state index is 13.2. The molecule has 1 aromatic rings. The molecule has 3 unspecified atom stereocenters. The first kappa shape index (κ1) is 20.2. The molecule has 1 aromatic heterocycles. The number of methoxy groups -OCH3 is 1. The van der Waals surface area contributed by atoms with Crippen molar-refractivity contribution in [3.05, 3.63) is 17.1 Å². The molecule has 2 N–H and O–H groups in total. The van der Waals surface area contributed by atoms with Crippen molar-refractivity contribution < 1.29 is 22.4 Å². The molecule has 1 saturated carbocycles. The summed E-state index contributed by atoms with van der Waals surface area (Å²) in [6.45, 7) is 3.97. The minimum Gasteiger partial charge on any atom is -0.465 e. The van der Waals surface area contributed by atoms with Crippen LogP contribution in [-0.2, 0) is 14.8 Å². The van der Waals surface area contributed by atoms with E-state index in [-0.39, 0.29) is 46.3 Å². The zero-order valence-electron chi connectivity index (χ0n) is 14.6. The molecule has 3 rings (SSSR count). The van der Waals surface area contributed by atoms with Crippen molar-refractivity contribution in [1.82, 2.24) is 4.31 Å². The topological polar surface area (TPSA) is 103 Å². The molecular weight excluding hydrogens is 368 g/mol. The summed E-state index contributed by atoms with van der Waals surface area (Å²) in [6.07, 6.45) is 2.97. The predicted octanol–water partition coefficient (Wildman–Crippen LogP) is 1.85. The van der Waals surface area contributed by atoms with Crippen molar-refractivity contribution in [2.45, 2.75) is 44.0 Å². The molecule has 25 heavy (non-hydrogen) atoms. The van der Waals surface area contributed by atoms with Crippen molar-refractivity contribution in [1.29, 1.82) is 0 Å². The Morgan fingerprint density at radius 2 is 1.92 bits per heavy atom. The first-order chi connectivity index (χ1) is 11.3. The Kier molecular flexibility index (Phi) is 5.88. The fraction of sp³-hybridized carbons (Fsp3) is 0.688. The Morgan fingerprint density at radius 1 is 1.24 bits per heavy atom. The third-order valence-electron chi connectivity index (χ3n) is 5.31. The van der Waals surface area contributed by atoms with Crippen LogP contribution in [0.4, 0.5) is 0 Å². The van der Waals surface area contributed by atoms with Crippen LogP contribution in [0.2, 0.25) is 0 Å². The molecule has 2 aliphatic rings. The number of halogens is 1. The fourth-order valence-corrected chi connectivity index (χ4v) is 6.02. The second-order valence-corrected chi connectivity index (χ2v) is 8.63. The highest BCUT2D eigenvalue weighted by Crippen LogP contribution is 2.39. The molecule has 2 heterocycles. The molecule has 142 valence electrons. The molecule has 7 nitrogen and oxygen atoms in total. The predicted molar refractivity (Wildman–Crippen MR) is 94.3 cm³/mol. The van der Waals surface area contributed by atoms with Crippen LogP contribution >= 0.6 is 12.4 Å². The minimum atomic E-state index is -3.83. The smallest absolute Gasteiger partial charge is 0.342 e. The summed E-state index contributed by atoms with van der Waals surface area (Å²) in [5, 5.41) is 0. The van der Waals surface area contributed by atoms with Gasteiger partial charge in [0.05, 0.1) is 7.11 Å². The lowest BCUT2D eigenvalue weighted by molar-refractivity contribution is 0.0594. The van der Waals surface area contributed by atoms with Gasteiger partial charge in [-0.25, -0.2) is 13.2 Å². The van der Waals surface area contributed by atoms with E-state index in [1.54, 1.807) is 13.8 Å². The van der Waals surface area contributed by atoms with E-state index >= 15 is 0 Å². The van der Waals surface area contributed by atoms with E-state index in [4.69, 9.17) is 14.9 Å². The highest BCUT2D eigenvalue weighted by Gasteiger charge is 2.45. The first-order valence-electron chi connectivity index (χ1n) is 8.21. The van der Waals surface area contributed by atoms with Crippen LogP contribution in [0.1, 0.15) is 41.1 Å². The van der Waals surface area contributed by atoms with Crippen molar-refractivity contribution in [3.8, 4) is 0 Å². The second-order valence-electron chi connectivity index (χ2n) is 6.75. The molecule has 3 atom stereocenters. The normalized spacial score (nSPS) is 26.8. The van der Waals surface area contributed by atoms with Gasteiger partial charge in [-0.05, 0) is 38.5 Å². The van der Waals surface area contributed by atoms with Crippen LogP contribution in [-0.4, -0.2) is 44.9 Å². The first-order valence-corrected chi connectivity index (χ1v) is 9.65. The van der Waals surface area contributed by atoms with Crippen molar-refractivity contribution in [3.63, 3.8) is 0 Å². The van der Waals surface area contributed by atoms with Gasteiger partial charge in [-0.15, -0.1) is 12.4 Å². The number of nitrogens with two attached hydrogens (primary N) is 1. The third kappa shape index (κ3) is 3.32. The van der Waals surface area contributed by atoms with Crippen molar-refractivity contribution in [2.75, 3.05) is 20.2 Å². The van der Waals surface area contributed by atoms with Crippen molar-refractivity contribution in [2.24, 2.45) is 17.6 Å². The monoisotopic (exact) mass is 392 g/mol. The summed E-state index contributed by atoms with van der Waals surface area (Å²) < 4.78 is 38.0. The van der Waals surface area contributed by atoms with Gasteiger partial charge in [0.2, 0.25) is 10.0 Å². The highest BCUT2D eigenvalue weighted by molar-refractivity contribution is 7.89. The number of fused-ring (bicyclic) bond motifs is 1. The van der Waals surface area contributed by atoms with Crippen LogP contribution < -0.4 is 5.73 Å². The van der Waals surface area contributed by atoms with Crippen molar-refractivity contribution >= 4 is 28.4 Å². The lowest BCUT2D eigenvalue weighted by Gasteiger charge is -2.29. The van der Waals surface area contributed by atoms with E-state index in [1.807, 2.05) is 0 Å². The lowest BCUT2D eigenvalue weighted by atomic mass is 9.78. The van der Waals surface area contributed by atoms with Crippen LogP contribution in [0.15, 0.2) is 9.31 Å². The van der Waals surface area contributed by atoms with Gasteiger partial charge in [0.25, 0.3) is 0 Å². The summed E-state index contributed by atoms with van der Waals surface area (Å²) >= 11 is 0. The van der Waals surface area contributed by atoms with Crippen LogP contribution in [0.5, 0.6) is 0 Å². The number of ether oxygens (including phenoxy) is 1. The summed E-state index contributed by atoms with van der Waals surface area (Å²) in [6, 6.07) is 0.0382. The van der Waals surface area contributed by atoms with Gasteiger partial charge in [0.15, 0.2) is 0 Å². The SMILES string of the molecule is COC(=O)c1c(C)oc(C)c1S(=O)(=O)N1CC2CCCC(N)C2C1.Cl. The molecule has 0 amide bonds. The number of nitrogens with zero attached hydrogens (tertiary/aromatic N) is 1. The Morgan fingerprint density at radius 3 is 2.52 bits per heavy atom. The van der Waals surface area contributed by atoms with Gasteiger partial charge in [-0.1, -0.05) is 6.42 Å². The Bertz CT molecular complexity index is 761. The maximum Gasteiger partial charge on any atom is 0.342 e. The Balaban J connectivity index is 0.00000225. The van der Waals surface area contributed by atoms with E-state index < -0.39 is 16.0 Å². The number of furan rings is 1. The summed E-state index contributed by atoms with van der Waals surface area (Å²) in [5.41, 5.74) is 6.18. The molecule has 0 radical (unpaired) electrons. The minimum absolute atomic E-state index is 0. The van der Waals surface area contributed by atoms with Gasteiger partial charge in [0, 0.05) is 19.1 Å². The highest BCUT2D eigenvalue weighted by atomic mass is 35.5. The van der Waals surface area contributed by atoms with E-state index in [9.17, 15) is 13.2 Å². The number of hydrogen-bond acceptors (Lipinski definition) is 6. The zero-order valence-corrected chi connectivity index (χ0v) is 16.3. The maximum atomic E-state index is 13.2. The van der Waals surface area contributed by atoms with Crippen LogP contribution in [0, 0.1) is 25.7 Å². The molecule has 1 saturated heterocycles. The zero-order chi connectivity index (χ0) is 17.6. The van der Waals surface area contributed by atoms with Crippen LogP contribution in [0.3, 0.4) is 0 Å². The number of carbonyl (C=O) groups is 1. The number of esters is 1. The van der Waals surface area contributed by atoms with Gasteiger partial charge in [-0.2, -0.15) is 4.31 Å². The second kappa shape index (κ2) is 7.26. The molecule has 2 fully saturated rings. The molecular formula is C16H25ClN2O5S. The molecule has 0 bridgehead atoms. The molecule has 1 aliphatic carbocycles. The molecule has 0 spiro atoms. The van der Waals surface area contributed by atoms with Gasteiger partial charge in [0.1, 0.15) is 22.0 Å². The van der Waals surface area contributed by atoms with Crippen LogP contribution in [0.25, 0.3) is 0 Å². The third-order valence-corrected chi connectivity index (χ3v) is 7.30. The quantitative estimate of drug-likeness (QED) is 0.787. The van der Waals surface area contributed by atoms with E-state index in [0.29, 0.717) is 19.0 Å². The largest absolute Gasteiger partial charge is 0.465 e. The average Bonchev–Trinajstić information content (AvgIpc) is 3.09. The average molecular weight is 393 g/mol. The standard InChI is InChI=1S/C16H24N2O5S.ClH/c1-9-14(16(19)22-3)15(10(2)23-9)24(20,21)18-7-11-5-4-6-13(17)12(11)8-18;/h11-13H,4-8,17H2,1-3H3;1H. The van der Waals surface area contributed by atoms with E-state index in [2.05, 4.69) is 0 Å². The lowest BCUT2D eigenvalue weighted by Crippen LogP contribution is -2.38.